The highest BCUT2D eigenvalue weighted by atomic mass is 15.0. The van der Waals surface area contributed by atoms with E-state index in [1.165, 1.54) is 38.5 Å². The minimum atomic E-state index is 0.757. The lowest BCUT2D eigenvalue weighted by Crippen LogP contribution is -2.46. The summed E-state index contributed by atoms with van der Waals surface area (Å²) in [5.41, 5.74) is 0. The second kappa shape index (κ2) is 5.16. The molecule has 1 N–H and O–H groups in total. The molecule has 0 amide bonds. The molecule has 1 saturated carbocycles. The van der Waals surface area contributed by atoms with Gasteiger partial charge in [0, 0.05) is 12.1 Å². The molecule has 2 rings (SSSR count). The van der Waals surface area contributed by atoms with Gasteiger partial charge in [0.2, 0.25) is 0 Å². The largest absolute Gasteiger partial charge is 0.311 e. The van der Waals surface area contributed by atoms with Crippen molar-refractivity contribution in [3.63, 3.8) is 0 Å². The van der Waals surface area contributed by atoms with E-state index >= 15 is 0 Å². The van der Waals surface area contributed by atoms with E-state index in [0.717, 1.165) is 23.9 Å². The molecule has 4 unspecified atom stereocenters. The molecule has 0 bridgehead atoms. The van der Waals surface area contributed by atoms with Gasteiger partial charge in [-0.1, -0.05) is 38.8 Å². The van der Waals surface area contributed by atoms with Gasteiger partial charge in [0.15, 0.2) is 0 Å². The highest BCUT2D eigenvalue weighted by molar-refractivity contribution is 4.95. The standard InChI is InChI=1S/C14H25N/c1-11-7-6-10-14(12(11)2)15-13-8-4-3-5-9-13/h3-4,11-15H,5-10H2,1-2H3. The summed E-state index contributed by atoms with van der Waals surface area (Å²) < 4.78 is 0. The van der Waals surface area contributed by atoms with Crippen LogP contribution in [-0.2, 0) is 0 Å². The number of hydrogen-bond donors (Lipinski definition) is 1. The predicted octanol–water partition coefficient (Wildman–Crippen LogP) is 3.51. The maximum absolute atomic E-state index is 3.89. The van der Waals surface area contributed by atoms with Gasteiger partial charge in [0.25, 0.3) is 0 Å². The number of nitrogens with one attached hydrogen (secondary N) is 1. The molecule has 0 radical (unpaired) electrons. The maximum atomic E-state index is 3.89. The molecular weight excluding hydrogens is 182 g/mol. The van der Waals surface area contributed by atoms with Crippen LogP contribution >= 0.6 is 0 Å². The number of hydrogen-bond acceptors (Lipinski definition) is 1. The first-order valence-corrected chi connectivity index (χ1v) is 6.68. The van der Waals surface area contributed by atoms with Gasteiger partial charge in [-0.05, 0) is 37.5 Å². The number of rotatable bonds is 2. The van der Waals surface area contributed by atoms with E-state index in [9.17, 15) is 0 Å². The average molecular weight is 207 g/mol. The van der Waals surface area contributed by atoms with Gasteiger partial charge in [0.05, 0.1) is 0 Å². The van der Waals surface area contributed by atoms with Crippen LogP contribution < -0.4 is 5.32 Å². The van der Waals surface area contributed by atoms with E-state index in [1.54, 1.807) is 0 Å². The average Bonchev–Trinajstić information content (AvgIpc) is 2.26. The summed E-state index contributed by atoms with van der Waals surface area (Å²) in [6, 6.07) is 1.54. The monoisotopic (exact) mass is 207 g/mol. The molecule has 1 fully saturated rings. The molecule has 2 aliphatic carbocycles. The van der Waals surface area contributed by atoms with E-state index < -0.39 is 0 Å². The van der Waals surface area contributed by atoms with Gasteiger partial charge in [-0.15, -0.1) is 0 Å². The minimum absolute atomic E-state index is 0.757. The molecule has 0 aromatic carbocycles. The van der Waals surface area contributed by atoms with Gasteiger partial charge < -0.3 is 5.32 Å². The Morgan fingerprint density at radius 2 is 1.93 bits per heavy atom. The Labute approximate surface area is 94.3 Å². The lowest BCUT2D eigenvalue weighted by Gasteiger charge is -2.37. The SMILES string of the molecule is CC1CCCC(NC2CC=CCC2)C1C. The Balaban J connectivity index is 1.84. The normalized spacial score (nSPS) is 41.7. The van der Waals surface area contributed by atoms with Crippen molar-refractivity contribution in [3.8, 4) is 0 Å². The van der Waals surface area contributed by atoms with E-state index in [4.69, 9.17) is 0 Å². The molecule has 15 heavy (non-hydrogen) atoms. The van der Waals surface area contributed by atoms with Crippen LogP contribution in [0.2, 0.25) is 0 Å². The van der Waals surface area contributed by atoms with Crippen molar-refractivity contribution in [2.45, 2.75) is 64.5 Å². The number of allylic oxidation sites excluding steroid dienone is 1. The summed E-state index contributed by atoms with van der Waals surface area (Å²) in [6.45, 7) is 4.85. The Kier molecular flexibility index (Phi) is 3.85. The summed E-state index contributed by atoms with van der Waals surface area (Å²) in [7, 11) is 0. The van der Waals surface area contributed by atoms with E-state index in [1.807, 2.05) is 0 Å². The van der Waals surface area contributed by atoms with Crippen molar-refractivity contribution in [3.05, 3.63) is 12.2 Å². The lowest BCUT2D eigenvalue weighted by atomic mass is 9.77. The molecule has 1 nitrogen and oxygen atoms in total. The van der Waals surface area contributed by atoms with Crippen LogP contribution in [0, 0.1) is 11.8 Å². The van der Waals surface area contributed by atoms with E-state index in [2.05, 4.69) is 31.3 Å². The van der Waals surface area contributed by atoms with Crippen molar-refractivity contribution < 1.29 is 0 Å². The fraction of sp³-hybridized carbons (Fsp3) is 0.857. The van der Waals surface area contributed by atoms with Crippen LogP contribution in [0.4, 0.5) is 0 Å². The molecule has 4 atom stereocenters. The summed E-state index contributed by atoms with van der Waals surface area (Å²) in [4.78, 5) is 0. The molecule has 0 saturated heterocycles. The van der Waals surface area contributed by atoms with Crippen LogP contribution in [0.3, 0.4) is 0 Å². The first-order chi connectivity index (χ1) is 7.27. The molecule has 0 aromatic heterocycles. The first kappa shape index (κ1) is 11.2. The van der Waals surface area contributed by atoms with Crippen molar-refractivity contribution in [1.29, 1.82) is 0 Å². The quantitative estimate of drug-likeness (QED) is 0.683. The highest BCUT2D eigenvalue weighted by Crippen LogP contribution is 2.30. The third-order valence-corrected chi connectivity index (χ3v) is 4.43. The molecule has 86 valence electrons. The first-order valence-electron chi connectivity index (χ1n) is 6.68. The second-order valence-corrected chi connectivity index (χ2v) is 5.52. The van der Waals surface area contributed by atoms with Gasteiger partial charge in [0.1, 0.15) is 0 Å². The topological polar surface area (TPSA) is 12.0 Å². The molecule has 0 spiro atoms. The molecular formula is C14H25N. The fourth-order valence-corrected chi connectivity index (χ4v) is 3.06. The zero-order chi connectivity index (χ0) is 10.7. The minimum Gasteiger partial charge on any atom is -0.311 e. The Morgan fingerprint density at radius 1 is 1.07 bits per heavy atom. The molecule has 2 aliphatic rings. The smallest absolute Gasteiger partial charge is 0.0107 e. The summed E-state index contributed by atoms with van der Waals surface area (Å²) in [5.74, 6) is 1.78. The predicted molar refractivity (Wildman–Crippen MR) is 65.9 cm³/mol. The highest BCUT2D eigenvalue weighted by Gasteiger charge is 2.28. The molecule has 0 aromatic rings. The van der Waals surface area contributed by atoms with Crippen molar-refractivity contribution in [2.75, 3.05) is 0 Å². The van der Waals surface area contributed by atoms with E-state index in [-0.39, 0.29) is 0 Å². The van der Waals surface area contributed by atoms with Crippen molar-refractivity contribution in [1.82, 2.24) is 5.32 Å². The molecule has 0 aliphatic heterocycles. The second-order valence-electron chi connectivity index (χ2n) is 5.52. The van der Waals surface area contributed by atoms with Gasteiger partial charge in [-0.2, -0.15) is 0 Å². The van der Waals surface area contributed by atoms with Crippen LogP contribution in [0.25, 0.3) is 0 Å². The van der Waals surface area contributed by atoms with Crippen LogP contribution in [0.15, 0.2) is 12.2 Å². The molecule has 0 heterocycles. The summed E-state index contributed by atoms with van der Waals surface area (Å²) >= 11 is 0. The van der Waals surface area contributed by atoms with Crippen LogP contribution in [0.1, 0.15) is 52.4 Å². The van der Waals surface area contributed by atoms with E-state index in [0.29, 0.717) is 0 Å². The van der Waals surface area contributed by atoms with Gasteiger partial charge >= 0.3 is 0 Å². The Morgan fingerprint density at radius 3 is 2.67 bits per heavy atom. The Bertz CT molecular complexity index is 221. The zero-order valence-corrected chi connectivity index (χ0v) is 10.2. The zero-order valence-electron chi connectivity index (χ0n) is 10.2. The third kappa shape index (κ3) is 2.84. The van der Waals surface area contributed by atoms with Crippen molar-refractivity contribution >= 4 is 0 Å². The van der Waals surface area contributed by atoms with Crippen molar-refractivity contribution in [2.24, 2.45) is 11.8 Å². The van der Waals surface area contributed by atoms with Crippen LogP contribution in [0.5, 0.6) is 0 Å². The lowest BCUT2D eigenvalue weighted by molar-refractivity contribution is 0.190. The molecule has 1 heteroatoms. The summed E-state index contributed by atoms with van der Waals surface area (Å²) in [5, 5.41) is 3.89. The fourth-order valence-electron chi connectivity index (χ4n) is 3.06. The third-order valence-electron chi connectivity index (χ3n) is 4.43. The van der Waals surface area contributed by atoms with Gasteiger partial charge in [-0.3, -0.25) is 0 Å². The maximum Gasteiger partial charge on any atom is 0.0107 e. The summed E-state index contributed by atoms with van der Waals surface area (Å²) in [6.07, 6.45) is 12.8. The Hall–Kier alpha value is -0.300. The van der Waals surface area contributed by atoms with Crippen LogP contribution in [-0.4, -0.2) is 12.1 Å². The van der Waals surface area contributed by atoms with Gasteiger partial charge in [-0.25, -0.2) is 0 Å².